The first-order valence-corrected chi connectivity index (χ1v) is 15.4. The molecule has 2 fully saturated rings. The highest BCUT2D eigenvalue weighted by molar-refractivity contribution is 6.32. The largest absolute Gasteiger partial charge is 0.422 e. The number of alkyl halides is 1. The van der Waals surface area contributed by atoms with Crippen LogP contribution in [0.5, 0.6) is 0 Å². The molecule has 4 aliphatic carbocycles. The fourth-order valence-corrected chi connectivity index (χ4v) is 8.44. The van der Waals surface area contributed by atoms with Crippen molar-refractivity contribution >= 4 is 29.3 Å². The van der Waals surface area contributed by atoms with Gasteiger partial charge in [-0.3, -0.25) is 14.4 Å². The highest BCUT2D eigenvalue weighted by atomic mass is 35.5. The average molecular weight is 544 g/mol. The zero-order valence-corrected chi connectivity index (χ0v) is 24.3. The van der Waals surface area contributed by atoms with Crippen molar-refractivity contribution in [2.45, 2.75) is 116 Å². The zero-order valence-electron chi connectivity index (χ0n) is 23.6. The number of esters is 1. The van der Waals surface area contributed by atoms with Gasteiger partial charge in [0, 0.05) is 32.2 Å². The zero-order chi connectivity index (χ0) is 27.3. The Morgan fingerprint density at radius 1 is 1.13 bits per heavy atom. The standard InChI is InChI=1S/C32H46ClNO4/c1-21(35)38-24-14-15-25-23(19-24)18-22(12-10-8-6-4-5-7-9-11-13-29(36)34-3)30-26(25)16-17-32(2)27(30)20-28(33)31(32)37/h15,22,26-28,30H,4-13,16-20H2,1-3H3,(H,34,36)/t22-,26?,27?,28-,30?,32+/m1/s1. The summed E-state index contributed by atoms with van der Waals surface area (Å²) < 4.78 is 5.42. The van der Waals surface area contributed by atoms with Gasteiger partial charge in [-0.05, 0) is 73.8 Å². The van der Waals surface area contributed by atoms with E-state index in [0.717, 1.165) is 38.5 Å². The lowest BCUT2D eigenvalue weighted by Crippen LogP contribution is -2.47. The number of Topliss-reactive ketones (excluding diaryl/α,β-unsaturated/α-hetero) is 1. The van der Waals surface area contributed by atoms with Gasteiger partial charge < -0.3 is 10.1 Å². The van der Waals surface area contributed by atoms with E-state index >= 15 is 0 Å². The predicted molar refractivity (Wildman–Crippen MR) is 150 cm³/mol. The molecule has 1 N–H and O–H groups in total. The van der Waals surface area contributed by atoms with E-state index in [4.69, 9.17) is 16.3 Å². The van der Waals surface area contributed by atoms with Crippen molar-refractivity contribution in [2.24, 2.45) is 29.1 Å². The Kier molecular flexibility index (Phi) is 9.98. The number of unbranched alkanes of at least 4 members (excludes halogenated alkanes) is 7. The van der Waals surface area contributed by atoms with Crippen molar-refractivity contribution in [3.63, 3.8) is 0 Å². The normalized spacial score (nSPS) is 31.8. The quantitative estimate of drug-likeness (QED) is 0.122. The summed E-state index contributed by atoms with van der Waals surface area (Å²) in [5.74, 6) is 2.63. The van der Waals surface area contributed by atoms with Crippen LogP contribution in [-0.4, -0.2) is 30.1 Å². The molecule has 0 aromatic heterocycles. The van der Waals surface area contributed by atoms with E-state index in [9.17, 15) is 14.4 Å². The number of ketones is 1. The van der Waals surface area contributed by atoms with Crippen LogP contribution in [0.2, 0.25) is 0 Å². The topological polar surface area (TPSA) is 72.5 Å². The summed E-state index contributed by atoms with van der Waals surface area (Å²) in [5.41, 5.74) is 5.79. The summed E-state index contributed by atoms with van der Waals surface area (Å²) >= 11 is 6.59. The van der Waals surface area contributed by atoms with Crippen molar-refractivity contribution in [2.75, 3.05) is 7.05 Å². The lowest BCUT2D eigenvalue weighted by molar-refractivity contribution is -0.137. The maximum Gasteiger partial charge on any atom is 0.308 e. The van der Waals surface area contributed by atoms with Crippen LogP contribution in [0.1, 0.15) is 110 Å². The molecule has 4 rings (SSSR count). The fourth-order valence-electron chi connectivity index (χ4n) is 8.00. The maximum absolute atomic E-state index is 13.1. The van der Waals surface area contributed by atoms with Crippen molar-refractivity contribution in [3.05, 3.63) is 28.7 Å². The second-order valence-corrected chi connectivity index (χ2v) is 12.9. The van der Waals surface area contributed by atoms with Crippen LogP contribution in [0.15, 0.2) is 28.7 Å². The van der Waals surface area contributed by atoms with Crippen LogP contribution < -0.4 is 5.32 Å². The van der Waals surface area contributed by atoms with Crippen molar-refractivity contribution in [1.29, 1.82) is 0 Å². The Balaban J connectivity index is 1.34. The number of nitrogens with one attached hydrogen (secondary N) is 1. The Morgan fingerprint density at radius 3 is 2.50 bits per heavy atom. The molecule has 0 bridgehead atoms. The molecule has 38 heavy (non-hydrogen) atoms. The molecular formula is C32H46ClNO4. The predicted octanol–water partition coefficient (Wildman–Crippen LogP) is 7.18. The van der Waals surface area contributed by atoms with Gasteiger partial charge in [0.2, 0.25) is 5.91 Å². The minimum atomic E-state index is -0.339. The molecule has 0 aliphatic heterocycles. The lowest BCUT2D eigenvalue weighted by Gasteiger charge is -2.52. The van der Waals surface area contributed by atoms with Gasteiger partial charge in [0.1, 0.15) is 0 Å². The van der Waals surface area contributed by atoms with E-state index in [1.165, 1.54) is 63.0 Å². The molecule has 0 heterocycles. The Morgan fingerprint density at radius 2 is 1.82 bits per heavy atom. The van der Waals surface area contributed by atoms with Crippen LogP contribution >= 0.6 is 11.6 Å². The van der Waals surface area contributed by atoms with E-state index in [1.807, 2.05) is 0 Å². The maximum atomic E-state index is 13.1. The molecule has 3 unspecified atom stereocenters. The van der Waals surface area contributed by atoms with E-state index < -0.39 is 0 Å². The summed E-state index contributed by atoms with van der Waals surface area (Å²) in [4.78, 5) is 36.0. The van der Waals surface area contributed by atoms with Gasteiger partial charge in [-0.15, -0.1) is 11.6 Å². The van der Waals surface area contributed by atoms with Gasteiger partial charge in [0.25, 0.3) is 0 Å². The minimum absolute atomic E-state index is 0.141. The van der Waals surface area contributed by atoms with Gasteiger partial charge in [-0.2, -0.15) is 0 Å². The van der Waals surface area contributed by atoms with Crippen LogP contribution in [0.4, 0.5) is 0 Å². The third kappa shape index (κ3) is 6.48. The van der Waals surface area contributed by atoms with Crippen LogP contribution in [0.3, 0.4) is 0 Å². The molecule has 2 saturated carbocycles. The van der Waals surface area contributed by atoms with Crippen molar-refractivity contribution < 1.29 is 19.1 Å². The molecule has 210 valence electrons. The number of halogens is 1. The molecule has 0 aromatic carbocycles. The van der Waals surface area contributed by atoms with Gasteiger partial charge in [-0.1, -0.05) is 63.2 Å². The molecule has 0 saturated heterocycles. The number of hydrogen-bond acceptors (Lipinski definition) is 4. The third-order valence-electron chi connectivity index (χ3n) is 9.93. The van der Waals surface area contributed by atoms with Gasteiger partial charge >= 0.3 is 5.97 Å². The summed E-state index contributed by atoms with van der Waals surface area (Å²) in [6.45, 7) is 3.63. The SMILES string of the molecule is CNC(=O)CCCCCCCCCC[C@@H]1CC2=C(C=C=C(OC(C)=O)C2)C2CC[C@]3(C)C(=O)[C@H](Cl)CC3C21. The van der Waals surface area contributed by atoms with E-state index in [2.05, 4.69) is 24.0 Å². The summed E-state index contributed by atoms with van der Waals surface area (Å²) in [6, 6.07) is 0. The number of fused-ring (bicyclic) bond motifs is 4. The minimum Gasteiger partial charge on any atom is -0.422 e. The fraction of sp³-hybridized carbons (Fsp3) is 0.750. The Hall–Kier alpha value is -1.84. The number of ether oxygens (including phenoxy) is 1. The van der Waals surface area contributed by atoms with E-state index in [1.54, 1.807) is 7.05 Å². The first-order chi connectivity index (χ1) is 18.2. The summed E-state index contributed by atoms with van der Waals surface area (Å²) in [5, 5.41) is 2.35. The van der Waals surface area contributed by atoms with Crippen LogP contribution in [-0.2, 0) is 19.1 Å². The average Bonchev–Trinajstić information content (AvgIpc) is 3.12. The highest BCUT2D eigenvalue weighted by Crippen LogP contribution is 2.62. The lowest BCUT2D eigenvalue weighted by atomic mass is 9.51. The molecule has 6 heteroatoms. The number of carbonyl (C=O) groups excluding carboxylic acids is 3. The molecule has 5 nitrogen and oxygen atoms in total. The smallest absolute Gasteiger partial charge is 0.308 e. The Bertz CT molecular complexity index is 1010. The molecule has 0 aromatic rings. The van der Waals surface area contributed by atoms with E-state index in [0.29, 0.717) is 42.3 Å². The van der Waals surface area contributed by atoms with Crippen LogP contribution in [0.25, 0.3) is 0 Å². The molecule has 6 atom stereocenters. The highest BCUT2D eigenvalue weighted by Gasteiger charge is 2.59. The second kappa shape index (κ2) is 13.0. The molecule has 1 amide bonds. The number of carbonyl (C=O) groups is 3. The first kappa shape index (κ1) is 29.2. The Labute approximate surface area is 233 Å². The van der Waals surface area contributed by atoms with Gasteiger partial charge in [-0.25, -0.2) is 0 Å². The number of allylic oxidation sites excluding steroid dienone is 2. The first-order valence-electron chi connectivity index (χ1n) is 15.0. The van der Waals surface area contributed by atoms with Crippen LogP contribution in [0, 0.1) is 29.1 Å². The number of rotatable bonds is 12. The molecule has 0 spiro atoms. The second-order valence-electron chi connectivity index (χ2n) is 12.4. The molecule has 0 radical (unpaired) electrons. The monoisotopic (exact) mass is 543 g/mol. The number of hydrogen-bond donors (Lipinski definition) is 1. The van der Waals surface area contributed by atoms with Crippen molar-refractivity contribution in [1.82, 2.24) is 5.32 Å². The molecule has 4 aliphatic rings. The van der Waals surface area contributed by atoms with Crippen molar-refractivity contribution in [3.8, 4) is 0 Å². The summed E-state index contributed by atoms with van der Waals surface area (Å²) in [6.07, 6.45) is 17.9. The third-order valence-corrected chi connectivity index (χ3v) is 10.3. The van der Waals surface area contributed by atoms with E-state index in [-0.39, 0.29) is 28.5 Å². The molecular weight excluding hydrogens is 498 g/mol. The van der Waals surface area contributed by atoms with Gasteiger partial charge in [0.15, 0.2) is 11.5 Å². The number of amides is 1. The van der Waals surface area contributed by atoms with Gasteiger partial charge in [0.05, 0.1) is 5.38 Å². The summed E-state index contributed by atoms with van der Waals surface area (Å²) in [7, 11) is 1.70.